The number of hydrogen-bond donors (Lipinski definition) is 3. The molecule has 0 aromatic carbocycles. The van der Waals surface area contributed by atoms with E-state index in [1.54, 1.807) is 7.11 Å². The highest BCUT2D eigenvalue weighted by Gasteiger charge is 2.17. The van der Waals surface area contributed by atoms with Crippen molar-refractivity contribution < 1.29 is 19.4 Å². The van der Waals surface area contributed by atoms with Crippen molar-refractivity contribution in [2.24, 2.45) is 5.92 Å². The van der Waals surface area contributed by atoms with Gasteiger partial charge in [0, 0.05) is 32.3 Å². The minimum Gasteiger partial charge on any atom is -0.444 e. The quantitative estimate of drug-likeness (QED) is 0.536. The van der Waals surface area contributed by atoms with Crippen molar-refractivity contribution in [1.29, 1.82) is 0 Å². The van der Waals surface area contributed by atoms with Gasteiger partial charge in [-0.25, -0.2) is 4.79 Å². The van der Waals surface area contributed by atoms with E-state index in [0.717, 1.165) is 12.8 Å². The van der Waals surface area contributed by atoms with Crippen molar-refractivity contribution in [3.8, 4) is 0 Å². The highest BCUT2D eigenvalue weighted by Crippen LogP contribution is 2.07. The van der Waals surface area contributed by atoms with E-state index in [9.17, 15) is 9.90 Å². The molecule has 6 nitrogen and oxygen atoms in total. The Bertz CT molecular complexity index is 305. The maximum absolute atomic E-state index is 11.5. The monoisotopic (exact) mass is 318 g/mol. The number of rotatable bonds is 10. The van der Waals surface area contributed by atoms with E-state index in [0.29, 0.717) is 13.2 Å². The van der Waals surface area contributed by atoms with Crippen LogP contribution in [0.5, 0.6) is 0 Å². The van der Waals surface area contributed by atoms with Gasteiger partial charge in [0.05, 0.1) is 6.61 Å². The van der Waals surface area contributed by atoms with Gasteiger partial charge in [0.1, 0.15) is 5.60 Å². The zero-order chi connectivity index (χ0) is 17.2. The third-order valence-corrected chi connectivity index (χ3v) is 3.41. The molecule has 0 bridgehead atoms. The van der Waals surface area contributed by atoms with Crippen LogP contribution in [0.15, 0.2) is 0 Å². The Labute approximate surface area is 134 Å². The summed E-state index contributed by atoms with van der Waals surface area (Å²) in [7, 11) is 1.67. The third kappa shape index (κ3) is 10.8. The summed E-state index contributed by atoms with van der Waals surface area (Å²) in [4.78, 5) is 11.5. The summed E-state index contributed by atoms with van der Waals surface area (Å²) < 4.78 is 10.4. The Balaban J connectivity index is 4.03. The number of aliphatic hydroxyl groups excluding tert-OH is 1. The molecule has 1 amide bonds. The van der Waals surface area contributed by atoms with Crippen molar-refractivity contribution in [1.82, 2.24) is 10.6 Å². The normalized spacial score (nSPS) is 16.0. The summed E-state index contributed by atoms with van der Waals surface area (Å²) in [6.07, 6.45) is 1.33. The molecule has 0 saturated carbocycles. The van der Waals surface area contributed by atoms with Gasteiger partial charge in [-0.2, -0.15) is 0 Å². The number of aliphatic hydroxyl groups is 1. The summed E-state index contributed by atoms with van der Waals surface area (Å²) >= 11 is 0. The van der Waals surface area contributed by atoms with Crippen LogP contribution in [0, 0.1) is 5.92 Å². The number of methoxy groups -OCH3 is 1. The van der Waals surface area contributed by atoms with Gasteiger partial charge < -0.3 is 25.2 Å². The maximum atomic E-state index is 11.5. The number of carbonyl (C=O) groups excluding carboxylic acids is 1. The summed E-state index contributed by atoms with van der Waals surface area (Å²) in [5.41, 5.74) is -0.472. The first-order valence-electron chi connectivity index (χ1n) is 8.02. The van der Waals surface area contributed by atoms with Crippen LogP contribution in [0.25, 0.3) is 0 Å². The summed E-state index contributed by atoms with van der Waals surface area (Å²) in [5, 5.41) is 15.4. The first kappa shape index (κ1) is 21.1. The van der Waals surface area contributed by atoms with E-state index in [-0.39, 0.29) is 30.7 Å². The van der Waals surface area contributed by atoms with E-state index in [1.165, 1.54) is 0 Å². The highest BCUT2D eigenvalue weighted by molar-refractivity contribution is 5.67. The molecular formula is C16H34N2O4. The van der Waals surface area contributed by atoms with Gasteiger partial charge in [0.2, 0.25) is 0 Å². The largest absolute Gasteiger partial charge is 0.444 e. The lowest BCUT2D eigenvalue weighted by atomic mass is 10.0. The maximum Gasteiger partial charge on any atom is 0.407 e. The number of nitrogens with one attached hydrogen (secondary N) is 2. The van der Waals surface area contributed by atoms with Crippen LogP contribution in [-0.2, 0) is 9.47 Å². The molecule has 3 atom stereocenters. The molecule has 0 fully saturated rings. The van der Waals surface area contributed by atoms with Crippen LogP contribution in [0.1, 0.15) is 47.5 Å². The fourth-order valence-corrected chi connectivity index (χ4v) is 1.96. The van der Waals surface area contributed by atoms with Crippen molar-refractivity contribution in [3.05, 3.63) is 0 Å². The molecule has 0 radical (unpaired) electrons. The van der Waals surface area contributed by atoms with Gasteiger partial charge in [-0.15, -0.1) is 0 Å². The van der Waals surface area contributed by atoms with E-state index >= 15 is 0 Å². The second-order valence-corrected chi connectivity index (χ2v) is 6.84. The van der Waals surface area contributed by atoms with Crippen molar-refractivity contribution in [2.45, 2.75) is 65.1 Å². The van der Waals surface area contributed by atoms with Gasteiger partial charge in [0.25, 0.3) is 0 Å². The van der Waals surface area contributed by atoms with Gasteiger partial charge in [0.15, 0.2) is 0 Å². The first-order valence-corrected chi connectivity index (χ1v) is 8.02. The molecule has 0 rings (SSSR count). The summed E-state index contributed by atoms with van der Waals surface area (Å²) in [5.74, 6) is 0.194. The second-order valence-electron chi connectivity index (χ2n) is 6.84. The predicted octanol–water partition coefficient (Wildman–Crippen LogP) is 1.91. The summed E-state index contributed by atoms with van der Waals surface area (Å²) in [6, 6.07) is 0.415. The average molecular weight is 318 g/mol. The molecule has 0 aliphatic rings. The molecule has 3 unspecified atom stereocenters. The van der Waals surface area contributed by atoms with Crippen molar-refractivity contribution in [3.63, 3.8) is 0 Å². The minimum atomic E-state index is -0.472. The molecule has 3 N–H and O–H groups in total. The van der Waals surface area contributed by atoms with E-state index in [2.05, 4.69) is 17.6 Å². The molecule has 0 aliphatic carbocycles. The first-order chi connectivity index (χ1) is 10.2. The van der Waals surface area contributed by atoms with Crippen molar-refractivity contribution >= 4 is 6.09 Å². The second kappa shape index (κ2) is 10.8. The minimum absolute atomic E-state index is 0.161. The molecule has 0 aliphatic heterocycles. The molecular weight excluding hydrogens is 284 g/mol. The molecule has 0 heterocycles. The Hall–Kier alpha value is -0.850. The van der Waals surface area contributed by atoms with E-state index < -0.39 is 5.60 Å². The molecule has 0 spiro atoms. The van der Waals surface area contributed by atoms with E-state index in [1.807, 2.05) is 27.7 Å². The number of hydrogen-bond acceptors (Lipinski definition) is 5. The van der Waals surface area contributed by atoms with Crippen LogP contribution in [-0.4, -0.2) is 55.8 Å². The Morgan fingerprint density at radius 3 is 2.41 bits per heavy atom. The molecule has 0 saturated heterocycles. The SMILES string of the molecule is COCC(CCCNC(=O)OC(C)(C)C)NC(C)C(C)CO. The lowest BCUT2D eigenvalue weighted by molar-refractivity contribution is 0.0525. The third-order valence-electron chi connectivity index (χ3n) is 3.41. The zero-order valence-corrected chi connectivity index (χ0v) is 14.9. The standard InChI is InChI=1S/C16H34N2O4/c1-12(10-19)13(2)18-14(11-21-6)8-7-9-17-15(20)22-16(3,4)5/h12-14,18-19H,7-11H2,1-6H3,(H,17,20). The Kier molecular flexibility index (Phi) is 10.4. The average Bonchev–Trinajstić information content (AvgIpc) is 2.40. The molecule has 22 heavy (non-hydrogen) atoms. The molecule has 132 valence electrons. The van der Waals surface area contributed by atoms with Crippen LogP contribution in [0.3, 0.4) is 0 Å². The number of amides is 1. The molecule has 0 aromatic heterocycles. The number of carbonyl (C=O) groups is 1. The fourth-order valence-electron chi connectivity index (χ4n) is 1.96. The predicted molar refractivity (Wildman–Crippen MR) is 88.0 cm³/mol. The summed E-state index contributed by atoms with van der Waals surface area (Å²) in [6.45, 7) is 10.9. The van der Waals surface area contributed by atoms with Gasteiger partial charge >= 0.3 is 6.09 Å². The van der Waals surface area contributed by atoms with Crippen LogP contribution in [0.4, 0.5) is 4.79 Å². The van der Waals surface area contributed by atoms with Gasteiger partial charge in [-0.3, -0.25) is 0 Å². The lowest BCUT2D eigenvalue weighted by Crippen LogP contribution is -2.44. The van der Waals surface area contributed by atoms with Crippen LogP contribution < -0.4 is 10.6 Å². The smallest absolute Gasteiger partial charge is 0.407 e. The number of alkyl carbamates (subject to hydrolysis) is 1. The van der Waals surface area contributed by atoms with Gasteiger partial charge in [-0.05, 0) is 46.5 Å². The Morgan fingerprint density at radius 2 is 1.91 bits per heavy atom. The van der Waals surface area contributed by atoms with Crippen LogP contribution >= 0.6 is 0 Å². The molecule has 6 heteroatoms. The van der Waals surface area contributed by atoms with E-state index in [4.69, 9.17) is 9.47 Å². The molecule has 0 aromatic rings. The topological polar surface area (TPSA) is 79.8 Å². The van der Waals surface area contributed by atoms with Crippen LogP contribution in [0.2, 0.25) is 0 Å². The Morgan fingerprint density at radius 1 is 1.27 bits per heavy atom. The lowest BCUT2D eigenvalue weighted by Gasteiger charge is -2.26. The fraction of sp³-hybridized carbons (Fsp3) is 0.938. The van der Waals surface area contributed by atoms with Crippen molar-refractivity contribution in [2.75, 3.05) is 26.9 Å². The zero-order valence-electron chi connectivity index (χ0n) is 14.9. The van der Waals surface area contributed by atoms with Gasteiger partial charge in [-0.1, -0.05) is 6.92 Å². The number of ether oxygens (including phenoxy) is 2. The highest BCUT2D eigenvalue weighted by atomic mass is 16.6.